The molecule has 0 bridgehead atoms. The normalized spacial score (nSPS) is 17.4. The average molecular weight is 526 g/mol. The van der Waals surface area contributed by atoms with Crippen LogP contribution in [0.5, 0.6) is 0 Å². The molecule has 1 aromatic heterocycles. The molecule has 0 atom stereocenters. The first-order valence-electron chi connectivity index (χ1n) is 12.7. The number of nitrogens with one attached hydrogen (secondary N) is 1. The molecule has 3 aromatic rings. The molecule has 0 spiro atoms. The van der Waals surface area contributed by atoms with Gasteiger partial charge in [0.05, 0.1) is 6.54 Å². The molecule has 1 saturated heterocycles. The van der Waals surface area contributed by atoms with Crippen LogP contribution in [0, 0.1) is 5.95 Å². The number of carbonyl (C=O) groups excluding carboxylic acids is 1. The quantitative estimate of drug-likeness (QED) is 0.484. The Kier molecular flexibility index (Phi) is 7.11. The van der Waals surface area contributed by atoms with Gasteiger partial charge in [-0.3, -0.25) is 4.79 Å². The van der Waals surface area contributed by atoms with E-state index in [2.05, 4.69) is 27.1 Å². The summed E-state index contributed by atoms with van der Waals surface area (Å²) < 4.78 is 49.9. The van der Waals surface area contributed by atoms with Gasteiger partial charge in [0.15, 0.2) is 5.82 Å². The lowest BCUT2D eigenvalue weighted by Crippen LogP contribution is -2.41. The lowest BCUT2D eigenvalue weighted by molar-refractivity contribution is -0.00833. The van der Waals surface area contributed by atoms with E-state index in [1.807, 2.05) is 25.2 Å². The first kappa shape index (κ1) is 26.1. The van der Waals surface area contributed by atoms with E-state index in [1.54, 1.807) is 0 Å². The van der Waals surface area contributed by atoms with Crippen LogP contribution in [0.3, 0.4) is 0 Å². The van der Waals surface area contributed by atoms with Gasteiger partial charge in [-0.25, -0.2) is 4.98 Å². The van der Waals surface area contributed by atoms with Crippen LogP contribution < -0.4 is 11.1 Å². The first-order valence-corrected chi connectivity index (χ1v) is 12.7. The zero-order chi connectivity index (χ0) is 27.0. The number of halogens is 3. The molecule has 2 aliphatic heterocycles. The summed E-state index contributed by atoms with van der Waals surface area (Å²) in [6, 6.07) is 9.72. The summed E-state index contributed by atoms with van der Waals surface area (Å²) in [5.74, 6) is -4.55. The molecular weight excluding hydrogens is 495 g/mol. The number of rotatable bonds is 6. The van der Waals surface area contributed by atoms with Crippen LogP contribution in [0.15, 0.2) is 36.4 Å². The number of nitrogens with zero attached hydrogens (tertiary/aromatic N) is 3. The van der Waals surface area contributed by atoms with Crippen LogP contribution in [0.2, 0.25) is 0 Å². The molecule has 7 nitrogen and oxygen atoms in total. The number of hydrogen-bond donors (Lipinski definition) is 2. The highest BCUT2D eigenvalue weighted by Gasteiger charge is 2.40. The van der Waals surface area contributed by atoms with Gasteiger partial charge in [0, 0.05) is 42.0 Å². The van der Waals surface area contributed by atoms with E-state index in [1.165, 1.54) is 23.8 Å². The van der Waals surface area contributed by atoms with Gasteiger partial charge in [0.25, 0.3) is 11.8 Å². The van der Waals surface area contributed by atoms with Crippen molar-refractivity contribution in [1.82, 2.24) is 20.2 Å². The molecule has 2 aliphatic rings. The molecule has 38 heavy (non-hydrogen) atoms. The van der Waals surface area contributed by atoms with E-state index in [0.717, 1.165) is 24.9 Å². The lowest BCUT2D eigenvalue weighted by atomic mass is 9.87. The fourth-order valence-electron chi connectivity index (χ4n) is 5.10. The Hall–Kier alpha value is -3.50. The first-order chi connectivity index (χ1) is 18.2. The fourth-order valence-corrected chi connectivity index (χ4v) is 5.10. The molecule has 1 fully saturated rings. The number of benzene rings is 2. The SMILES string of the molecule is CCN(C)Cc1cc(-c2nc(-c3ccc4c(c3)C(F)(F)CNC4=O)c(N)nc2F)ccc1C1CCOCC1. The monoisotopic (exact) mass is 525 g/mol. The summed E-state index contributed by atoms with van der Waals surface area (Å²) >= 11 is 0. The van der Waals surface area contributed by atoms with Crippen molar-refractivity contribution >= 4 is 11.7 Å². The second kappa shape index (κ2) is 10.3. The van der Waals surface area contributed by atoms with Crippen molar-refractivity contribution in [3.63, 3.8) is 0 Å². The minimum absolute atomic E-state index is 0.0182. The van der Waals surface area contributed by atoms with Gasteiger partial charge in [-0.2, -0.15) is 18.2 Å². The van der Waals surface area contributed by atoms with Gasteiger partial charge in [0.2, 0.25) is 5.95 Å². The molecule has 0 unspecified atom stereocenters. The molecule has 3 heterocycles. The van der Waals surface area contributed by atoms with Gasteiger partial charge in [0.1, 0.15) is 11.4 Å². The van der Waals surface area contributed by atoms with Crippen molar-refractivity contribution in [2.45, 2.75) is 38.2 Å². The van der Waals surface area contributed by atoms with Crippen molar-refractivity contribution in [3.05, 3.63) is 64.6 Å². The van der Waals surface area contributed by atoms with E-state index in [9.17, 15) is 13.6 Å². The predicted molar refractivity (Wildman–Crippen MR) is 138 cm³/mol. The Morgan fingerprint density at radius 2 is 1.82 bits per heavy atom. The second-order valence-corrected chi connectivity index (χ2v) is 9.88. The Balaban J connectivity index is 1.58. The molecule has 5 rings (SSSR count). The van der Waals surface area contributed by atoms with Gasteiger partial charge >= 0.3 is 0 Å². The number of anilines is 1. The van der Waals surface area contributed by atoms with Crippen LogP contribution in [0.4, 0.5) is 19.0 Å². The zero-order valence-corrected chi connectivity index (χ0v) is 21.4. The van der Waals surface area contributed by atoms with Crippen molar-refractivity contribution in [3.8, 4) is 22.5 Å². The number of amides is 1. The number of carbonyl (C=O) groups is 1. The number of nitrogens with two attached hydrogens (primary N) is 1. The van der Waals surface area contributed by atoms with Crippen LogP contribution >= 0.6 is 0 Å². The maximum atomic E-state index is 15.1. The van der Waals surface area contributed by atoms with Crippen LogP contribution in [0.1, 0.15) is 52.7 Å². The van der Waals surface area contributed by atoms with Crippen molar-refractivity contribution in [1.29, 1.82) is 0 Å². The molecule has 0 aliphatic carbocycles. The molecular formula is C28H30F3N5O2. The predicted octanol–water partition coefficient (Wildman–Crippen LogP) is 4.71. The van der Waals surface area contributed by atoms with Gasteiger partial charge < -0.3 is 20.7 Å². The molecule has 200 valence electrons. The van der Waals surface area contributed by atoms with Crippen molar-refractivity contribution in [2.75, 3.05) is 39.1 Å². The Bertz CT molecular complexity index is 1370. The molecule has 0 radical (unpaired) electrons. The molecule has 10 heteroatoms. The van der Waals surface area contributed by atoms with Crippen molar-refractivity contribution < 1.29 is 22.7 Å². The summed E-state index contributed by atoms with van der Waals surface area (Å²) in [6.45, 7) is 4.21. The highest BCUT2D eigenvalue weighted by Crippen LogP contribution is 2.38. The average Bonchev–Trinajstić information content (AvgIpc) is 2.91. The third-order valence-electron chi connectivity index (χ3n) is 7.34. The third kappa shape index (κ3) is 4.98. The lowest BCUT2D eigenvalue weighted by Gasteiger charge is -2.27. The van der Waals surface area contributed by atoms with Gasteiger partial charge in [-0.1, -0.05) is 25.1 Å². The number of nitrogen functional groups attached to an aromatic ring is 1. The Labute approximate surface area is 219 Å². The standard InChI is InChI=1S/C28H30F3N5O2/c1-3-36(2)14-19-12-17(4-6-20(19)16-8-10-38-11-9-16)23-25(29)35-26(32)24(34-23)18-5-7-21-22(13-18)28(30,31)15-33-27(21)37/h4-7,12-13,16H,3,8-11,14-15H2,1-2H3,(H2,32,35)(H,33,37). The van der Waals surface area contributed by atoms with E-state index in [0.29, 0.717) is 31.2 Å². The summed E-state index contributed by atoms with van der Waals surface area (Å²) in [4.78, 5) is 22.6. The minimum atomic E-state index is -3.26. The summed E-state index contributed by atoms with van der Waals surface area (Å²) in [7, 11) is 2.02. The number of alkyl halides is 2. The van der Waals surface area contributed by atoms with Crippen LogP contribution in [-0.4, -0.2) is 54.1 Å². The van der Waals surface area contributed by atoms with Gasteiger partial charge in [-0.05, 0) is 61.7 Å². The smallest absolute Gasteiger partial charge is 0.290 e. The number of ether oxygens (including phenoxy) is 1. The zero-order valence-electron chi connectivity index (χ0n) is 21.4. The number of fused-ring (bicyclic) bond motifs is 1. The van der Waals surface area contributed by atoms with E-state index in [4.69, 9.17) is 10.5 Å². The van der Waals surface area contributed by atoms with E-state index < -0.39 is 29.9 Å². The molecule has 1 amide bonds. The highest BCUT2D eigenvalue weighted by molar-refractivity contribution is 5.98. The van der Waals surface area contributed by atoms with Crippen molar-refractivity contribution in [2.24, 2.45) is 0 Å². The second-order valence-electron chi connectivity index (χ2n) is 9.88. The molecule has 0 saturated carbocycles. The maximum absolute atomic E-state index is 15.1. The Morgan fingerprint density at radius 1 is 1.11 bits per heavy atom. The summed E-state index contributed by atoms with van der Waals surface area (Å²) in [5, 5.41) is 2.19. The topological polar surface area (TPSA) is 93.4 Å². The third-order valence-corrected chi connectivity index (χ3v) is 7.34. The number of aromatic nitrogens is 2. The van der Waals surface area contributed by atoms with Crippen LogP contribution in [0.25, 0.3) is 22.5 Å². The minimum Gasteiger partial charge on any atom is -0.382 e. The molecule has 2 aromatic carbocycles. The van der Waals surface area contributed by atoms with Gasteiger partial charge in [-0.15, -0.1) is 0 Å². The summed E-state index contributed by atoms with van der Waals surface area (Å²) in [5.41, 5.74) is 8.55. The number of hydrogen-bond acceptors (Lipinski definition) is 6. The maximum Gasteiger partial charge on any atom is 0.290 e. The van der Waals surface area contributed by atoms with E-state index in [-0.39, 0.29) is 28.3 Å². The van der Waals surface area contributed by atoms with Crippen LogP contribution in [-0.2, 0) is 17.2 Å². The largest absolute Gasteiger partial charge is 0.382 e. The Morgan fingerprint density at radius 3 is 2.55 bits per heavy atom. The summed E-state index contributed by atoms with van der Waals surface area (Å²) in [6.07, 6.45) is 1.84. The van der Waals surface area contributed by atoms with E-state index >= 15 is 4.39 Å². The molecule has 3 N–H and O–H groups in total. The fraction of sp³-hybridized carbons (Fsp3) is 0.393. The highest BCUT2D eigenvalue weighted by atomic mass is 19.3.